The Morgan fingerprint density at radius 2 is 1.86 bits per heavy atom. The lowest BCUT2D eigenvalue weighted by Crippen LogP contribution is -2.37. The number of hydrogen-bond acceptors (Lipinski definition) is 9. The molecule has 0 amide bonds. The molecule has 10 heteroatoms. The van der Waals surface area contributed by atoms with E-state index in [4.69, 9.17) is 24.5 Å². The van der Waals surface area contributed by atoms with Crippen LogP contribution in [0.25, 0.3) is 0 Å². The van der Waals surface area contributed by atoms with Crippen LogP contribution in [0.2, 0.25) is 0 Å². The molecule has 0 bridgehead atoms. The summed E-state index contributed by atoms with van der Waals surface area (Å²) in [5, 5.41) is 28.2. The largest absolute Gasteiger partial charge is 0.394 e. The minimum absolute atomic E-state index is 0.0451. The zero-order chi connectivity index (χ0) is 15.9. The number of hydrogen-bond donors (Lipinski definition) is 4. The van der Waals surface area contributed by atoms with Gasteiger partial charge in [-0.05, 0) is 0 Å². The number of nitrogens with one attached hydrogen (secondary N) is 1. The summed E-state index contributed by atoms with van der Waals surface area (Å²) >= 11 is 0.954. The van der Waals surface area contributed by atoms with Gasteiger partial charge in [-0.15, -0.1) is 11.3 Å². The van der Waals surface area contributed by atoms with Crippen LogP contribution in [-0.4, -0.2) is 70.4 Å². The first-order chi connectivity index (χ1) is 9.83. The zero-order valence-electron chi connectivity index (χ0n) is 11.7. The Kier molecular flexibility index (Phi) is 7.13. The van der Waals surface area contributed by atoms with Crippen LogP contribution in [0.15, 0.2) is 10.4 Å². The number of rotatable bonds is 10. The molecule has 1 aromatic rings. The van der Waals surface area contributed by atoms with Gasteiger partial charge in [0.15, 0.2) is 5.60 Å². The van der Waals surface area contributed by atoms with Crippen LogP contribution in [0, 0.1) is 4.78 Å². The van der Waals surface area contributed by atoms with Gasteiger partial charge < -0.3 is 24.8 Å². The fraction of sp³-hybridized carbons (Fsp3) is 0.727. The molecule has 0 aliphatic heterocycles. The molecule has 0 saturated heterocycles. The molecule has 0 aliphatic rings. The molecule has 0 fully saturated rings. The third-order valence-corrected chi connectivity index (χ3v) is 5.48. The van der Waals surface area contributed by atoms with E-state index in [1.165, 1.54) is 12.5 Å². The maximum atomic E-state index is 11.7. The van der Waals surface area contributed by atoms with E-state index in [-0.39, 0.29) is 48.9 Å². The van der Waals surface area contributed by atoms with E-state index in [0.29, 0.717) is 0 Å². The van der Waals surface area contributed by atoms with Crippen molar-refractivity contribution in [3.05, 3.63) is 11.2 Å². The smallest absolute Gasteiger partial charge is 0.162 e. The molecule has 0 aliphatic carbocycles. The second-order valence-electron chi connectivity index (χ2n) is 4.41. The van der Waals surface area contributed by atoms with Gasteiger partial charge in [-0.25, -0.2) is 14.0 Å². The van der Waals surface area contributed by atoms with Gasteiger partial charge in [0.2, 0.25) is 0 Å². The molecule has 1 atom stereocenters. The number of aliphatic hydroxyl groups is 3. The van der Waals surface area contributed by atoms with Gasteiger partial charge in [0.1, 0.15) is 9.22 Å². The first-order valence-corrected chi connectivity index (χ1v) is 8.91. The summed E-state index contributed by atoms with van der Waals surface area (Å²) < 4.78 is 29.7. The van der Waals surface area contributed by atoms with Crippen molar-refractivity contribution < 1.29 is 29.0 Å². The number of aromatic nitrogens is 1. The first-order valence-electron chi connectivity index (χ1n) is 6.13. The molecular formula is C11H20N2O6S2. The van der Waals surface area contributed by atoms with Crippen LogP contribution < -0.4 is 0 Å². The van der Waals surface area contributed by atoms with E-state index in [1.807, 2.05) is 0 Å². The Morgan fingerprint density at radius 1 is 1.33 bits per heavy atom. The molecule has 4 N–H and O–H groups in total. The molecule has 0 spiro atoms. The topological polar surface area (TPSA) is 133 Å². The van der Waals surface area contributed by atoms with Crippen LogP contribution in [0.4, 0.5) is 0 Å². The molecule has 1 unspecified atom stereocenters. The molecule has 1 heterocycles. The van der Waals surface area contributed by atoms with E-state index < -0.39 is 15.3 Å². The van der Waals surface area contributed by atoms with Crippen LogP contribution in [0.1, 0.15) is 5.01 Å². The van der Waals surface area contributed by atoms with Crippen molar-refractivity contribution in [3.8, 4) is 0 Å². The van der Waals surface area contributed by atoms with E-state index in [0.717, 1.165) is 11.3 Å². The number of aliphatic hydroxyl groups excluding tert-OH is 2. The van der Waals surface area contributed by atoms with Crippen molar-refractivity contribution in [1.82, 2.24) is 4.98 Å². The number of nitrogens with zero attached hydrogens (tertiary/aromatic N) is 1. The predicted molar refractivity (Wildman–Crippen MR) is 76.9 cm³/mol. The third kappa shape index (κ3) is 5.58. The van der Waals surface area contributed by atoms with Crippen LogP contribution in [0.3, 0.4) is 0 Å². The molecule has 8 nitrogen and oxygen atoms in total. The van der Waals surface area contributed by atoms with E-state index in [9.17, 15) is 9.32 Å². The van der Waals surface area contributed by atoms with Gasteiger partial charge in [0.05, 0.1) is 55.6 Å². The van der Waals surface area contributed by atoms with Crippen LogP contribution >= 0.6 is 11.3 Å². The fourth-order valence-electron chi connectivity index (χ4n) is 1.43. The average molecular weight is 340 g/mol. The summed E-state index contributed by atoms with van der Waals surface area (Å²) in [5.41, 5.74) is -1.59. The van der Waals surface area contributed by atoms with E-state index in [2.05, 4.69) is 4.98 Å². The van der Waals surface area contributed by atoms with E-state index >= 15 is 0 Å². The molecule has 0 saturated carbocycles. The predicted octanol–water partition coefficient (Wildman–Crippen LogP) is -0.616. The Morgan fingerprint density at radius 3 is 2.24 bits per heavy atom. The lowest BCUT2D eigenvalue weighted by Gasteiger charge is -2.25. The van der Waals surface area contributed by atoms with Crippen LogP contribution in [-0.2, 0) is 24.8 Å². The highest BCUT2D eigenvalue weighted by Gasteiger charge is 2.34. The van der Waals surface area contributed by atoms with Gasteiger partial charge in [-0.1, -0.05) is 0 Å². The maximum Gasteiger partial charge on any atom is 0.162 e. The van der Waals surface area contributed by atoms with Crippen molar-refractivity contribution in [3.63, 3.8) is 0 Å². The second-order valence-corrected chi connectivity index (χ2v) is 7.83. The highest BCUT2D eigenvalue weighted by Crippen LogP contribution is 2.29. The third-order valence-electron chi connectivity index (χ3n) is 2.42. The summed E-state index contributed by atoms with van der Waals surface area (Å²) in [6.45, 7) is -0.630. The Labute approximate surface area is 127 Å². The SMILES string of the molecule is CS(=N)(=O)c1cnc(C(O)(COCCO)COCCO)s1. The molecule has 21 heavy (non-hydrogen) atoms. The molecular weight excluding hydrogens is 320 g/mol. The number of ether oxygens (including phenoxy) is 2. The first kappa shape index (κ1) is 18.4. The van der Waals surface area contributed by atoms with Crippen LogP contribution in [0.5, 0.6) is 0 Å². The van der Waals surface area contributed by atoms with Crippen molar-refractivity contribution >= 4 is 21.1 Å². The summed E-state index contributed by atoms with van der Waals surface area (Å²) in [7, 11) is -2.91. The fourth-order valence-corrected chi connectivity index (χ4v) is 3.27. The quantitative estimate of drug-likeness (QED) is 0.417. The van der Waals surface area contributed by atoms with Gasteiger partial charge in [-0.2, -0.15) is 0 Å². The second kappa shape index (κ2) is 8.13. The summed E-state index contributed by atoms with van der Waals surface area (Å²) in [6.07, 6.45) is 2.56. The van der Waals surface area contributed by atoms with Crippen molar-refractivity contribution in [1.29, 1.82) is 4.78 Å². The van der Waals surface area contributed by atoms with Crippen molar-refractivity contribution in [2.24, 2.45) is 0 Å². The van der Waals surface area contributed by atoms with Gasteiger partial charge in [0, 0.05) is 6.26 Å². The van der Waals surface area contributed by atoms with E-state index in [1.54, 1.807) is 0 Å². The van der Waals surface area contributed by atoms with Gasteiger partial charge >= 0.3 is 0 Å². The minimum Gasteiger partial charge on any atom is -0.394 e. The Hall–Kier alpha value is -0.620. The molecule has 1 rings (SSSR count). The Balaban J connectivity index is 2.91. The molecule has 0 aromatic carbocycles. The summed E-state index contributed by atoms with van der Waals surface area (Å²) in [6, 6.07) is 0. The highest BCUT2D eigenvalue weighted by molar-refractivity contribution is 7.93. The Bertz CT molecular complexity index is 521. The lowest BCUT2D eigenvalue weighted by molar-refractivity contribution is -0.107. The standard InChI is InChI=1S/C11H20N2O6S2/c1-21(12,17)9-6-13-10(20-9)11(16,7-18-4-2-14)8-19-5-3-15/h6,12,14-16H,2-5,7-8H2,1H3. The zero-order valence-corrected chi connectivity index (χ0v) is 13.3. The number of thiazole rings is 1. The summed E-state index contributed by atoms with van der Waals surface area (Å²) in [5.74, 6) is 0. The van der Waals surface area contributed by atoms with Crippen molar-refractivity contribution in [2.75, 3.05) is 45.9 Å². The molecule has 0 radical (unpaired) electrons. The lowest BCUT2D eigenvalue weighted by atomic mass is 10.1. The molecule has 1 aromatic heterocycles. The summed E-state index contributed by atoms with van der Waals surface area (Å²) in [4.78, 5) is 4.00. The minimum atomic E-state index is -2.91. The van der Waals surface area contributed by atoms with Gasteiger partial charge in [-0.3, -0.25) is 0 Å². The molecule has 122 valence electrons. The highest BCUT2D eigenvalue weighted by atomic mass is 32.2. The average Bonchev–Trinajstić information content (AvgIpc) is 2.89. The van der Waals surface area contributed by atoms with Gasteiger partial charge in [0.25, 0.3) is 0 Å². The monoisotopic (exact) mass is 340 g/mol. The maximum absolute atomic E-state index is 11.7. The van der Waals surface area contributed by atoms with Crippen molar-refractivity contribution in [2.45, 2.75) is 9.81 Å². The normalized spacial score (nSPS) is 15.0.